The Balaban J connectivity index is 1.96. The third-order valence-corrected chi connectivity index (χ3v) is 3.60. The third kappa shape index (κ3) is 2.38. The van der Waals surface area contributed by atoms with Gasteiger partial charge in [0.15, 0.2) is 11.6 Å². The molecule has 0 saturated carbocycles. The molecule has 2 aromatic rings. The fourth-order valence-electron chi connectivity index (χ4n) is 2.60. The lowest BCUT2D eigenvalue weighted by atomic mass is 9.91. The van der Waals surface area contributed by atoms with Crippen LogP contribution < -0.4 is 5.32 Å². The number of H-pyrrole nitrogens is 1. The van der Waals surface area contributed by atoms with E-state index in [0.717, 1.165) is 43.3 Å². The van der Waals surface area contributed by atoms with Crippen molar-refractivity contribution in [3.05, 3.63) is 41.7 Å². The maximum atomic E-state index is 13.3. The average Bonchev–Trinajstić information content (AvgIpc) is 2.92. The summed E-state index contributed by atoms with van der Waals surface area (Å²) in [5, 5.41) is 10.4. The van der Waals surface area contributed by atoms with Gasteiger partial charge in [-0.2, -0.15) is 5.10 Å². The first-order chi connectivity index (χ1) is 9.25. The van der Waals surface area contributed by atoms with Gasteiger partial charge in [0.05, 0.1) is 6.20 Å². The summed E-state index contributed by atoms with van der Waals surface area (Å²) in [6, 6.07) is 3.96. The van der Waals surface area contributed by atoms with Gasteiger partial charge >= 0.3 is 0 Å². The van der Waals surface area contributed by atoms with Crippen molar-refractivity contribution < 1.29 is 8.78 Å². The Morgan fingerprint density at radius 1 is 1.21 bits per heavy atom. The first-order valence-corrected chi connectivity index (χ1v) is 6.45. The van der Waals surface area contributed by atoms with Gasteiger partial charge in [-0.05, 0) is 37.1 Å². The topological polar surface area (TPSA) is 40.7 Å². The van der Waals surface area contributed by atoms with Crippen LogP contribution in [0.1, 0.15) is 24.5 Å². The Labute approximate surface area is 110 Å². The van der Waals surface area contributed by atoms with Crippen molar-refractivity contribution in [1.82, 2.24) is 15.5 Å². The number of benzene rings is 1. The summed E-state index contributed by atoms with van der Waals surface area (Å²) in [5.74, 6) is -1.31. The molecule has 0 amide bonds. The van der Waals surface area contributed by atoms with Crippen molar-refractivity contribution in [2.24, 2.45) is 0 Å². The van der Waals surface area contributed by atoms with Crippen molar-refractivity contribution in [1.29, 1.82) is 0 Å². The second-order valence-corrected chi connectivity index (χ2v) is 4.87. The summed E-state index contributed by atoms with van der Waals surface area (Å²) in [7, 11) is 0. The summed E-state index contributed by atoms with van der Waals surface area (Å²) >= 11 is 0. The zero-order valence-corrected chi connectivity index (χ0v) is 10.4. The molecule has 3 nitrogen and oxygen atoms in total. The average molecular weight is 263 g/mol. The minimum Gasteiger partial charge on any atom is -0.316 e. The van der Waals surface area contributed by atoms with E-state index in [1.54, 1.807) is 12.3 Å². The molecule has 5 heteroatoms. The highest BCUT2D eigenvalue weighted by atomic mass is 19.2. The van der Waals surface area contributed by atoms with Crippen LogP contribution in [0, 0.1) is 11.6 Å². The second kappa shape index (κ2) is 5.09. The van der Waals surface area contributed by atoms with Crippen molar-refractivity contribution in [2.75, 3.05) is 13.1 Å². The lowest BCUT2D eigenvalue weighted by Gasteiger charge is -2.22. The van der Waals surface area contributed by atoms with E-state index in [9.17, 15) is 8.78 Å². The Morgan fingerprint density at radius 2 is 2.11 bits per heavy atom. The number of hydrogen-bond donors (Lipinski definition) is 2. The first kappa shape index (κ1) is 12.3. The van der Waals surface area contributed by atoms with E-state index in [1.165, 1.54) is 6.07 Å². The van der Waals surface area contributed by atoms with E-state index in [2.05, 4.69) is 15.5 Å². The number of halogens is 2. The molecule has 0 spiro atoms. The van der Waals surface area contributed by atoms with Gasteiger partial charge in [0.2, 0.25) is 0 Å². The molecule has 1 aliphatic rings. The third-order valence-electron chi connectivity index (χ3n) is 3.60. The summed E-state index contributed by atoms with van der Waals surface area (Å²) in [4.78, 5) is 0. The van der Waals surface area contributed by atoms with E-state index in [4.69, 9.17) is 0 Å². The highest BCUT2D eigenvalue weighted by molar-refractivity contribution is 5.66. The van der Waals surface area contributed by atoms with E-state index >= 15 is 0 Å². The smallest absolute Gasteiger partial charge is 0.159 e. The molecule has 1 fully saturated rings. The molecule has 0 unspecified atom stereocenters. The summed E-state index contributed by atoms with van der Waals surface area (Å²) in [6.45, 7) is 1.92. The number of piperidine rings is 1. The van der Waals surface area contributed by atoms with Gasteiger partial charge in [-0.25, -0.2) is 8.78 Å². The lowest BCUT2D eigenvalue weighted by molar-refractivity contribution is 0.455. The molecular weight excluding hydrogens is 248 g/mol. The van der Waals surface area contributed by atoms with E-state index < -0.39 is 11.6 Å². The SMILES string of the molecule is Fc1ccc(-c2cn[nH]c2[C@@H]2CCCNC2)cc1F. The summed E-state index contributed by atoms with van der Waals surface area (Å²) in [5.41, 5.74) is 2.51. The van der Waals surface area contributed by atoms with Gasteiger partial charge in [0.1, 0.15) is 0 Å². The van der Waals surface area contributed by atoms with Crippen LogP contribution >= 0.6 is 0 Å². The fourth-order valence-corrected chi connectivity index (χ4v) is 2.60. The minimum atomic E-state index is -0.827. The van der Waals surface area contributed by atoms with Crippen LogP contribution in [0.5, 0.6) is 0 Å². The molecule has 1 aromatic heterocycles. The second-order valence-electron chi connectivity index (χ2n) is 4.87. The predicted octanol–water partition coefficient (Wildman–Crippen LogP) is 2.82. The number of aromatic nitrogens is 2. The molecule has 3 rings (SSSR count). The number of rotatable bonds is 2. The lowest BCUT2D eigenvalue weighted by Crippen LogP contribution is -2.28. The monoisotopic (exact) mass is 263 g/mol. The Morgan fingerprint density at radius 3 is 2.84 bits per heavy atom. The van der Waals surface area contributed by atoms with Crippen molar-refractivity contribution in [3.63, 3.8) is 0 Å². The minimum absolute atomic E-state index is 0.347. The molecular formula is C14H15F2N3. The number of aromatic amines is 1. The number of nitrogens with one attached hydrogen (secondary N) is 2. The van der Waals surface area contributed by atoms with Gasteiger partial charge in [-0.3, -0.25) is 5.10 Å². The zero-order valence-electron chi connectivity index (χ0n) is 10.4. The molecule has 100 valence electrons. The van der Waals surface area contributed by atoms with Crippen LogP contribution in [0.25, 0.3) is 11.1 Å². The quantitative estimate of drug-likeness (QED) is 0.874. The Bertz CT molecular complexity index is 574. The first-order valence-electron chi connectivity index (χ1n) is 6.45. The maximum Gasteiger partial charge on any atom is 0.159 e. The molecule has 1 atom stereocenters. The van der Waals surface area contributed by atoms with Crippen molar-refractivity contribution in [2.45, 2.75) is 18.8 Å². The fraction of sp³-hybridized carbons (Fsp3) is 0.357. The van der Waals surface area contributed by atoms with E-state index in [0.29, 0.717) is 11.5 Å². The highest BCUT2D eigenvalue weighted by Gasteiger charge is 2.21. The van der Waals surface area contributed by atoms with Crippen LogP contribution in [-0.4, -0.2) is 23.3 Å². The molecule has 0 radical (unpaired) electrons. The Kier molecular flexibility index (Phi) is 3.29. The van der Waals surface area contributed by atoms with Gasteiger partial charge in [0.25, 0.3) is 0 Å². The summed E-state index contributed by atoms with van der Waals surface area (Å²) < 4.78 is 26.3. The maximum absolute atomic E-state index is 13.3. The molecule has 1 aromatic carbocycles. The standard InChI is InChI=1S/C14H15F2N3/c15-12-4-3-9(6-13(12)16)11-8-18-19-14(11)10-2-1-5-17-7-10/h3-4,6,8,10,17H,1-2,5,7H2,(H,18,19)/t10-/m1/s1. The molecule has 0 aliphatic carbocycles. The molecule has 2 N–H and O–H groups in total. The van der Waals surface area contributed by atoms with E-state index in [-0.39, 0.29) is 0 Å². The largest absolute Gasteiger partial charge is 0.316 e. The molecule has 1 aliphatic heterocycles. The van der Waals surface area contributed by atoms with Crippen molar-refractivity contribution >= 4 is 0 Å². The van der Waals surface area contributed by atoms with Gasteiger partial charge in [-0.15, -0.1) is 0 Å². The van der Waals surface area contributed by atoms with Crippen LogP contribution in [0.15, 0.2) is 24.4 Å². The van der Waals surface area contributed by atoms with Crippen LogP contribution in [0.3, 0.4) is 0 Å². The zero-order chi connectivity index (χ0) is 13.2. The van der Waals surface area contributed by atoms with Crippen LogP contribution in [0.2, 0.25) is 0 Å². The Hall–Kier alpha value is -1.75. The van der Waals surface area contributed by atoms with Gasteiger partial charge < -0.3 is 5.32 Å². The van der Waals surface area contributed by atoms with Crippen LogP contribution in [0.4, 0.5) is 8.78 Å². The molecule has 19 heavy (non-hydrogen) atoms. The number of hydrogen-bond acceptors (Lipinski definition) is 2. The number of nitrogens with zero attached hydrogens (tertiary/aromatic N) is 1. The van der Waals surface area contributed by atoms with Gasteiger partial charge in [0, 0.05) is 23.7 Å². The predicted molar refractivity (Wildman–Crippen MR) is 68.8 cm³/mol. The van der Waals surface area contributed by atoms with Crippen LogP contribution in [-0.2, 0) is 0 Å². The molecule has 1 saturated heterocycles. The van der Waals surface area contributed by atoms with Crippen molar-refractivity contribution in [3.8, 4) is 11.1 Å². The van der Waals surface area contributed by atoms with Gasteiger partial charge in [-0.1, -0.05) is 6.07 Å². The highest BCUT2D eigenvalue weighted by Crippen LogP contribution is 2.31. The summed E-state index contributed by atoms with van der Waals surface area (Å²) in [6.07, 6.45) is 3.86. The van der Waals surface area contributed by atoms with E-state index in [1.807, 2.05) is 0 Å². The molecule has 0 bridgehead atoms. The normalized spacial score (nSPS) is 19.6. The molecule has 2 heterocycles.